The van der Waals surface area contributed by atoms with Crippen LogP contribution >= 0.6 is 0 Å². The Bertz CT molecular complexity index is 464. The number of azide groups is 1. The van der Waals surface area contributed by atoms with E-state index in [1.807, 2.05) is 32.0 Å². The highest BCUT2D eigenvalue weighted by atomic mass is 16.2. The standard InChI is InChI=1S/C12H16N4O/c1-4-10-7-5-6-8(2)11(10)14-12(17)9(3)15-16-13/h5-7,9H,4H2,1-3H3,(H,14,17). The van der Waals surface area contributed by atoms with Crippen LogP contribution < -0.4 is 5.32 Å². The van der Waals surface area contributed by atoms with E-state index in [0.29, 0.717) is 0 Å². The molecule has 0 fully saturated rings. The largest absolute Gasteiger partial charge is 0.325 e. The van der Waals surface area contributed by atoms with Crippen LogP contribution in [0.15, 0.2) is 23.3 Å². The molecule has 0 saturated heterocycles. The monoisotopic (exact) mass is 232 g/mol. The van der Waals surface area contributed by atoms with Gasteiger partial charge in [0.05, 0.1) is 0 Å². The number of rotatable bonds is 4. The summed E-state index contributed by atoms with van der Waals surface area (Å²) in [4.78, 5) is 14.4. The number of anilines is 1. The third kappa shape index (κ3) is 3.23. The number of amides is 1. The highest BCUT2D eigenvalue weighted by Gasteiger charge is 2.13. The van der Waals surface area contributed by atoms with Crippen LogP contribution in [0.1, 0.15) is 25.0 Å². The first kappa shape index (κ1) is 13.1. The molecule has 0 saturated carbocycles. The fourth-order valence-corrected chi connectivity index (χ4v) is 1.56. The molecule has 0 heterocycles. The van der Waals surface area contributed by atoms with Crippen LogP contribution in [0.3, 0.4) is 0 Å². The predicted octanol–water partition coefficient (Wildman–Crippen LogP) is 3.19. The molecule has 90 valence electrons. The number of para-hydroxylation sites is 1. The molecule has 0 aromatic heterocycles. The van der Waals surface area contributed by atoms with Gasteiger partial charge in [0.15, 0.2) is 0 Å². The number of carbonyl (C=O) groups excluding carboxylic acids is 1. The minimum atomic E-state index is -0.704. The molecule has 0 spiro atoms. The van der Waals surface area contributed by atoms with E-state index in [1.165, 1.54) is 0 Å². The first-order valence-electron chi connectivity index (χ1n) is 5.53. The number of nitrogens with zero attached hydrogens (tertiary/aromatic N) is 3. The van der Waals surface area contributed by atoms with E-state index in [0.717, 1.165) is 23.2 Å². The maximum atomic E-state index is 11.7. The van der Waals surface area contributed by atoms with Gasteiger partial charge in [-0.15, -0.1) is 0 Å². The first-order valence-corrected chi connectivity index (χ1v) is 5.53. The molecule has 5 nitrogen and oxygen atoms in total. The van der Waals surface area contributed by atoms with E-state index in [-0.39, 0.29) is 5.91 Å². The Morgan fingerprint density at radius 1 is 1.59 bits per heavy atom. The summed E-state index contributed by atoms with van der Waals surface area (Å²) in [7, 11) is 0. The molecule has 1 aromatic carbocycles. The van der Waals surface area contributed by atoms with Gasteiger partial charge in [0.2, 0.25) is 5.91 Å². The van der Waals surface area contributed by atoms with Gasteiger partial charge in [0.1, 0.15) is 6.04 Å². The van der Waals surface area contributed by atoms with E-state index in [4.69, 9.17) is 5.53 Å². The second kappa shape index (κ2) is 5.92. The first-order chi connectivity index (χ1) is 8.10. The van der Waals surface area contributed by atoms with Gasteiger partial charge in [-0.3, -0.25) is 4.79 Å². The average molecular weight is 232 g/mol. The van der Waals surface area contributed by atoms with E-state index in [2.05, 4.69) is 15.3 Å². The molecule has 1 rings (SSSR count). The van der Waals surface area contributed by atoms with Gasteiger partial charge < -0.3 is 5.32 Å². The quantitative estimate of drug-likeness (QED) is 0.483. The maximum absolute atomic E-state index is 11.7. The molecule has 0 radical (unpaired) electrons. The van der Waals surface area contributed by atoms with Crippen molar-refractivity contribution >= 4 is 11.6 Å². The number of nitrogens with one attached hydrogen (secondary N) is 1. The Morgan fingerprint density at radius 2 is 2.29 bits per heavy atom. The Labute approximate surface area is 100 Å². The maximum Gasteiger partial charge on any atom is 0.233 e. The normalized spacial score (nSPS) is 11.5. The van der Waals surface area contributed by atoms with Gasteiger partial charge in [-0.2, -0.15) is 0 Å². The Morgan fingerprint density at radius 3 is 2.88 bits per heavy atom. The van der Waals surface area contributed by atoms with Crippen LogP contribution in [0, 0.1) is 6.92 Å². The Kier molecular flexibility index (Phi) is 4.55. The zero-order valence-electron chi connectivity index (χ0n) is 10.3. The van der Waals surface area contributed by atoms with Crippen molar-refractivity contribution in [3.05, 3.63) is 39.8 Å². The van der Waals surface area contributed by atoms with Crippen molar-refractivity contribution in [3.8, 4) is 0 Å². The lowest BCUT2D eigenvalue weighted by Gasteiger charge is -2.14. The highest BCUT2D eigenvalue weighted by Crippen LogP contribution is 2.21. The van der Waals surface area contributed by atoms with Gasteiger partial charge >= 0.3 is 0 Å². The van der Waals surface area contributed by atoms with Crippen molar-refractivity contribution in [1.29, 1.82) is 0 Å². The number of hydrogen-bond donors (Lipinski definition) is 1. The summed E-state index contributed by atoms with van der Waals surface area (Å²) < 4.78 is 0. The lowest BCUT2D eigenvalue weighted by molar-refractivity contribution is -0.117. The molecular weight excluding hydrogens is 216 g/mol. The van der Waals surface area contributed by atoms with Crippen molar-refractivity contribution in [2.45, 2.75) is 33.2 Å². The molecule has 0 aliphatic rings. The van der Waals surface area contributed by atoms with Crippen molar-refractivity contribution in [2.24, 2.45) is 5.11 Å². The summed E-state index contributed by atoms with van der Waals surface area (Å²) in [5.41, 5.74) is 11.2. The molecule has 1 atom stereocenters. The van der Waals surface area contributed by atoms with Crippen molar-refractivity contribution in [3.63, 3.8) is 0 Å². The third-order valence-corrected chi connectivity index (χ3v) is 2.59. The van der Waals surface area contributed by atoms with Crippen LogP contribution in [-0.4, -0.2) is 11.9 Å². The van der Waals surface area contributed by atoms with Crippen LogP contribution in [0.2, 0.25) is 0 Å². The molecule has 1 unspecified atom stereocenters. The molecule has 1 amide bonds. The number of hydrogen-bond acceptors (Lipinski definition) is 2. The van der Waals surface area contributed by atoms with E-state index in [9.17, 15) is 4.79 Å². The highest BCUT2D eigenvalue weighted by molar-refractivity contribution is 5.96. The summed E-state index contributed by atoms with van der Waals surface area (Å²) in [6.07, 6.45) is 0.840. The molecule has 17 heavy (non-hydrogen) atoms. The topological polar surface area (TPSA) is 77.9 Å². The van der Waals surface area contributed by atoms with Crippen molar-refractivity contribution in [2.75, 3.05) is 5.32 Å². The van der Waals surface area contributed by atoms with E-state index >= 15 is 0 Å². The zero-order chi connectivity index (χ0) is 12.8. The third-order valence-electron chi connectivity index (χ3n) is 2.59. The molecule has 0 aliphatic carbocycles. The van der Waals surface area contributed by atoms with E-state index in [1.54, 1.807) is 6.92 Å². The smallest absolute Gasteiger partial charge is 0.233 e. The fourth-order valence-electron chi connectivity index (χ4n) is 1.56. The zero-order valence-corrected chi connectivity index (χ0v) is 10.3. The van der Waals surface area contributed by atoms with Crippen molar-refractivity contribution in [1.82, 2.24) is 0 Å². The molecule has 0 aliphatic heterocycles. The summed E-state index contributed by atoms with van der Waals surface area (Å²) in [5, 5.41) is 6.18. The molecule has 5 heteroatoms. The van der Waals surface area contributed by atoms with Gasteiger partial charge in [0, 0.05) is 10.6 Å². The SMILES string of the molecule is CCc1cccc(C)c1NC(=O)C(C)N=[N+]=[N-]. The van der Waals surface area contributed by atoms with Gasteiger partial charge in [-0.05, 0) is 36.9 Å². The number of carbonyl (C=O) groups is 1. The summed E-state index contributed by atoms with van der Waals surface area (Å²) >= 11 is 0. The molecule has 1 aromatic rings. The van der Waals surface area contributed by atoms with Gasteiger partial charge in [0.25, 0.3) is 0 Å². The number of benzene rings is 1. The lowest BCUT2D eigenvalue weighted by atomic mass is 10.1. The minimum absolute atomic E-state index is 0.285. The van der Waals surface area contributed by atoms with Crippen LogP contribution in [0.25, 0.3) is 10.4 Å². The van der Waals surface area contributed by atoms with Gasteiger partial charge in [-0.25, -0.2) is 0 Å². The summed E-state index contributed by atoms with van der Waals surface area (Å²) in [5.74, 6) is -0.285. The second-order valence-electron chi connectivity index (χ2n) is 3.83. The lowest BCUT2D eigenvalue weighted by Crippen LogP contribution is -2.24. The summed E-state index contributed by atoms with van der Waals surface area (Å²) in [6, 6.07) is 5.17. The Balaban J connectivity index is 2.95. The van der Waals surface area contributed by atoms with Crippen LogP contribution in [0.4, 0.5) is 5.69 Å². The molecule has 0 bridgehead atoms. The molecular formula is C12H16N4O. The van der Waals surface area contributed by atoms with Gasteiger partial charge in [-0.1, -0.05) is 30.2 Å². The van der Waals surface area contributed by atoms with Crippen molar-refractivity contribution < 1.29 is 4.79 Å². The fraction of sp³-hybridized carbons (Fsp3) is 0.417. The second-order valence-corrected chi connectivity index (χ2v) is 3.83. The minimum Gasteiger partial charge on any atom is -0.325 e. The van der Waals surface area contributed by atoms with E-state index < -0.39 is 6.04 Å². The number of aryl methyl sites for hydroxylation is 2. The average Bonchev–Trinajstić information content (AvgIpc) is 2.31. The summed E-state index contributed by atoms with van der Waals surface area (Å²) in [6.45, 7) is 5.53. The molecule has 1 N–H and O–H groups in total. The predicted molar refractivity (Wildman–Crippen MR) is 67.8 cm³/mol. The van der Waals surface area contributed by atoms with Crippen LogP contribution in [0.5, 0.6) is 0 Å². The van der Waals surface area contributed by atoms with Crippen LogP contribution in [-0.2, 0) is 11.2 Å². The Hall–Kier alpha value is -2.00.